The molecule has 1 saturated heterocycles. The van der Waals surface area contributed by atoms with Crippen molar-refractivity contribution < 1.29 is 4.79 Å². The van der Waals surface area contributed by atoms with E-state index in [1.54, 1.807) is 22.1 Å². The summed E-state index contributed by atoms with van der Waals surface area (Å²) in [5.41, 5.74) is 1.55. The van der Waals surface area contributed by atoms with Gasteiger partial charge in [0.15, 0.2) is 0 Å². The van der Waals surface area contributed by atoms with Crippen LogP contribution in [0.15, 0.2) is 48.1 Å². The number of hydrogen-bond acceptors (Lipinski definition) is 5. The van der Waals surface area contributed by atoms with E-state index in [1.807, 2.05) is 35.7 Å². The molecule has 1 aliphatic rings. The Morgan fingerprint density at radius 1 is 1.14 bits per heavy atom. The van der Waals surface area contributed by atoms with Gasteiger partial charge in [0.1, 0.15) is 16.7 Å². The highest BCUT2D eigenvalue weighted by Gasteiger charge is 2.34. The molecule has 22 heavy (non-hydrogen) atoms. The van der Waals surface area contributed by atoms with Gasteiger partial charge in [-0.3, -0.25) is 4.79 Å². The average Bonchev–Trinajstić information content (AvgIpc) is 3.18. The maximum Gasteiger partial charge on any atom is 0.273 e. The van der Waals surface area contributed by atoms with Crippen LogP contribution in [0.3, 0.4) is 0 Å². The van der Waals surface area contributed by atoms with Crippen LogP contribution >= 0.6 is 11.3 Å². The number of carbonyl (C=O) groups excluding carboxylic acids is 1. The van der Waals surface area contributed by atoms with E-state index in [1.165, 1.54) is 11.3 Å². The number of benzene rings is 1. The molecule has 0 aliphatic carbocycles. The molecule has 0 N–H and O–H groups in total. The van der Waals surface area contributed by atoms with E-state index in [-0.39, 0.29) is 11.9 Å². The molecule has 1 amide bonds. The molecule has 3 aromatic rings. The number of rotatable bonds is 3. The third kappa shape index (κ3) is 2.29. The Bertz CT molecular complexity index is 777. The predicted octanol–water partition coefficient (Wildman–Crippen LogP) is 2.10. The van der Waals surface area contributed by atoms with Gasteiger partial charge >= 0.3 is 0 Å². The lowest BCUT2D eigenvalue weighted by Crippen LogP contribution is -2.51. The molecular weight excluding hydrogens is 298 g/mol. The Labute approximate surface area is 131 Å². The van der Waals surface area contributed by atoms with Crippen molar-refractivity contribution in [1.82, 2.24) is 24.9 Å². The Kier molecular flexibility index (Phi) is 3.19. The van der Waals surface area contributed by atoms with Crippen molar-refractivity contribution in [2.75, 3.05) is 13.1 Å². The minimum absolute atomic E-state index is 0.0261. The zero-order valence-corrected chi connectivity index (χ0v) is 12.5. The molecule has 0 bridgehead atoms. The molecule has 3 heterocycles. The maximum absolute atomic E-state index is 12.4. The zero-order chi connectivity index (χ0) is 14.9. The van der Waals surface area contributed by atoms with Gasteiger partial charge in [0.2, 0.25) is 0 Å². The lowest BCUT2D eigenvalue weighted by Gasteiger charge is -2.37. The van der Waals surface area contributed by atoms with Gasteiger partial charge in [0.25, 0.3) is 5.91 Å². The topological polar surface area (TPSA) is 63.9 Å². The lowest BCUT2D eigenvalue weighted by molar-refractivity contribution is 0.0471. The molecular formula is C15H13N5OS. The van der Waals surface area contributed by atoms with Gasteiger partial charge < -0.3 is 4.90 Å². The first-order valence-electron chi connectivity index (χ1n) is 6.97. The first-order chi connectivity index (χ1) is 10.8. The van der Waals surface area contributed by atoms with E-state index in [0.29, 0.717) is 18.8 Å². The first kappa shape index (κ1) is 13.1. The monoisotopic (exact) mass is 311 g/mol. The van der Waals surface area contributed by atoms with Crippen LogP contribution in [0.1, 0.15) is 16.5 Å². The number of hydrogen-bond donors (Lipinski definition) is 0. The highest BCUT2D eigenvalue weighted by molar-refractivity contribution is 7.13. The molecule has 0 spiro atoms. The first-order valence-corrected chi connectivity index (χ1v) is 7.85. The highest BCUT2D eigenvalue weighted by atomic mass is 32.1. The average molecular weight is 311 g/mol. The van der Waals surface area contributed by atoms with Gasteiger partial charge in [0, 0.05) is 24.0 Å². The van der Waals surface area contributed by atoms with Gasteiger partial charge in [0.05, 0.1) is 12.4 Å². The predicted molar refractivity (Wildman–Crippen MR) is 82.5 cm³/mol. The van der Waals surface area contributed by atoms with Crippen LogP contribution in [0, 0.1) is 0 Å². The Balaban J connectivity index is 1.45. The minimum Gasteiger partial charge on any atom is -0.333 e. The van der Waals surface area contributed by atoms with Gasteiger partial charge in [-0.2, -0.15) is 15.0 Å². The summed E-state index contributed by atoms with van der Waals surface area (Å²) in [5.74, 6) is -0.0261. The van der Waals surface area contributed by atoms with Gasteiger partial charge in [-0.1, -0.05) is 30.3 Å². The molecule has 6 nitrogen and oxygen atoms in total. The van der Waals surface area contributed by atoms with Crippen LogP contribution in [0.2, 0.25) is 0 Å². The summed E-state index contributed by atoms with van der Waals surface area (Å²) in [6, 6.07) is 10.1. The van der Waals surface area contributed by atoms with Crippen molar-refractivity contribution in [1.29, 1.82) is 0 Å². The van der Waals surface area contributed by atoms with Crippen molar-refractivity contribution in [3.63, 3.8) is 0 Å². The Morgan fingerprint density at radius 2 is 1.86 bits per heavy atom. The third-order valence-electron chi connectivity index (χ3n) is 3.66. The van der Waals surface area contributed by atoms with E-state index in [2.05, 4.69) is 15.2 Å². The number of thiazole rings is 1. The number of amides is 1. The zero-order valence-electron chi connectivity index (χ0n) is 11.7. The summed E-state index contributed by atoms with van der Waals surface area (Å²) >= 11 is 1.49. The SMILES string of the molecule is O=C(c1csc(-c2ccccc2)n1)N1CC(n2nccn2)C1. The second-order valence-electron chi connectivity index (χ2n) is 5.12. The normalized spacial score (nSPS) is 14.8. The molecule has 0 unspecified atom stereocenters. The molecule has 110 valence electrons. The van der Waals surface area contributed by atoms with Crippen LogP contribution in [0.25, 0.3) is 10.6 Å². The Morgan fingerprint density at radius 3 is 2.59 bits per heavy atom. The van der Waals surface area contributed by atoms with Crippen molar-refractivity contribution in [3.8, 4) is 10.6 Å². The molecule has 0 atom stereocenters. The summed E-state index contributed by atoms with van der Waals surface area (Å²) in [6.45, 7) is 1.26. The fraction of sp³-hybridized carbons (Fsp3) is 0.200. The van der Waals surface area contributed by atoms with E-state index in [4.69, 9.17) is 0 Å². The largest absolute Gasteiger partial charge is 0.333 e. The standard InChI is InChI=1S/C15H13N5OS/c21-15(19-8-12(9-19)20-16-6-7-17-20)13-10-22-14(18-13)11-4-2-1-3-5-11/h1-7,10,12H,8-9H2. The summed E-state index contributed by atoms with van der Waals surface area (Å²) in [5, 5.41) is 10.9. The van der Waals surface area contributed by atoms with Crippen molar-refractivity contribution in [3.05, 3.63) is 53.8 Å². The van der Waals surface area contributed by atoms with Crippen molar-refractivity contribution in [2.24, 2.45) is 0 Å². The van der Waals surface area contributed by atoms with Gasteiger partial charge in [-0.15, -0.1) is 11.3 Å². The maximum atomic E-state index is 12.4. The molecule has 0 radical (unpaired) electrons. The minimum atomic E-state index is -0.0261. The van der Waals surface area contributed by atoms with Crippen LogP contribution in [0.5, 0.6) is 0 Å². The van der Waals surface area contributed by atoms with E-state index < -0.39 is 0 Å². The number of aromatic nitrogens is 4. The number of carbonyl (C=O) groups is 1. The summed E-state index contributed by atoms with van der Waals surface area (Å²) in [6.07, 6.45) is 3.30. The molecule has 2 aromatic heterocycles. The van der Waals surface area contributed by atoms with Crippen LogP contribution in [-0.2, 0) is 0 Å². The van der Waals surface area contributed by atoms with Crippen LogP contribution in [-0.4, -0.2) is 43.9 Å². The molecule has 0 saturated carbocycles. The highest BCUT2D eigenvalue weighted by Crippen LogP contribution is 2.26. The summed E-state index contributed by atoms with van der Waals surface area (Å²) in [7, 11) is 0. The van der Waals surface area contributed by atoms with Crippen molar-refractivity contribution >= 4 is 17.2 Å². The molecule has 7 heteroatoms. The molecule has 4 rings (SSSR count). The number of nitrogens with zero attached hydrogens (tertiary/aromatic N) is 5. The molecule has 1 aliphatic heterocycles. The quantitative estimate of drug-likeness (QED) is 0.743. The van der Waals surface area contributed by atoms with Gasteiger partial charge in [-0.25, -0.2) is 4.98 Å². The summed E-state index contributed by atoms with van der Waals surface area (Å²) in [4.78, 5) is 20.3. The van der Waals surface area contributed by atoms with Crippen LogP contribution in [0.4, 0.5) is 0 Å². The van der Waals surface area contributed by atoms with E-state index in [9.17, 15) is 4.79 Å². The molecule has 1 aromatic carbocycles. The smallest absolute Gasteiger partial charge is 0.273 e. The third-order valence-corrected chi connectivity index (χ3v) is 4.55. The van der Waals surface area contributed by atoms with Crippen LogP contribution < -0.4 is 0 Å². The molecule has 1 fully saturated rings. The number of likely N-dealkylation sites (tertiary alicyclic amines) is 1. The second kappa shape index (κ2) is 5.34. The van der Waals surface area contributed by atoms with E-state index >= 15 is 0 Å². The summed E-state index contributed by atoms with van der Waals surface area (Å²) < 4.78 is 0. The van der Waals surface area contributed by atoms with E-state index in [0.717, 1.165) is 10.6 Å². The second-order valence-corrected chi connectivity index (χ2v) is 5.98. The van der Waals surface area contributed by atoms with Crippen molar-refractivity contribution in [2.45, 2.75) is 6.04 Å². The fourth-order valence-corrected chi connectivity index (χ4v) is 3.23. The Hall–Kier alpha value is -2.54. The fourth-order valence-electron chi connectivity index (χ4n) is 2.43. The lowest BCUT2D eigenvalue weighted by atomic mass is 10.1. The van der Waals surface area contributed by atoms with Gasteiger partial charge in [-0.05, 0) is 0 Å².